The fourth-order valence-electron chi connectivity index (χ4n) is 2.93. The Morgan fingerprint density at radius 3 is 2.80 bits per heavy atom. The molecule has 1 aliphatic rings. The Morgan fingerprint density at radius 1 is 1.36 bits per heavy atom. The van der Waals surface area contributed by atoms with Gasteiger partial charge in [-0.15, -0.1) is 11.3 Å². The van der Waals surface area contributed by atoms with Crippen LogP contribution in [-0.2, 0) is 6.61 Å². The number of benzene rings is 1. The van der Waals surface area contributed by atoms with Crippen LogP contribution in [0.3, 0.4) is 0 Å². The largest absolute Gasteiger partial charge is 0.488 e. The molecule has 0 saturated carbocycles. The highest BCUT2D eigenvalue weighted by Gasteiger charge is 2.29. The van der Waals surface area contributed by atoms with E-state index < -0.39 is 0 Å². The van der Waals surface area contributed by atoms with Crippen molar-refractivity contribution in [2.75, 3.05) is 25.5 Å². The maximum Gasteiger partial charge on any atom is 0.319 e. The summed E-state index contributed by atoms with van der Waals surface area (Å²) >= 11 is 1.66. The average molecular weight is 361 g/mol. The number of likely N-dealkylation sites (N-methyl/N-ethyl adjacent to an activating group) is 1. The van der Waals surface area contributed by atoms with Crippen molar-refractivity contribution in [3.05, 3.63) is 46.7 Å². The highest BCUT2D eigenvalue weighted by atomic mass is 32.1. The van der Waals surface area contributed by atoms with E-state index >= 15 is 0 Å². The fraction of sp³-hybridized carbons (Fsp3) is 0.389. The lowest BCUT2D eigenvalue weighted by Gasteiger charge is -2.15. The molecule has 3 rings (SSSR count). The van der Waals surface area contributed by atoms with Crippen LogP contribution in [0.5, 0.6) is 5.75 Å². The van der Waals surface area contributed by atoms with Crippen LogP contribution < -0.4 is 15.4 Å². The summed E-state index contributed by atoms with van der Waals surface area (Å²) < 4.78 is 5.71. The van der Waals surface area contributed by atoms with Gasteiger partial charge in [0, 0.05) is 29.2 Å². The number of urea groups is 1. The zero-order chi connectivity index (χ0) is 17.6. The van der Waals surface area contributed by atoms with E-state index in [4.69, 9.17) is 4.74 Å². The number of nitrogens with zero attached hydrogens (tertiary/aromatic N) is 1. The first-order valence-corrected chi connectivity index (χ1v) is 9.16. The molecule has 7 heteroatoms. The first-order valence-electron chi connectivity index (χ1n) is 8.28. The minimum absolute atomic E-state index is 0.0514. The molecule has 0 radical (unpaired) electrons. The van der Waals surface area contributed by atoms with Crippen molar-refractivity contribution >= 4 is 23.1 Å². The molecule has 6 nitrogen and oxygen atoms in total. The minimum Gasteiger partial charge on any atom is -0.488 e. The second-order valence-electron chi connectivity index (χ2n) is 6.20. The summed E-state index contributed by atoms with van der Waals surface area (Å²) in [5.74, 6) is 0.766. The van der Waals surface area contributed by atoms with Crippen molar-refractivity contribution in [1.82, 2.24) is 10.2 Å². The summed E-state index contributed by atoms with van der Waals surface area (Å²) in [4.78, 5) is 15.3. The monoisotopic (exact) mass is 361 g/mol. The molecule has 0 aliphatic carbocycles. The van der Waals surface area contributed by atoms with Gasteiger partial charge in [-0.25, -0.2) is 4.79 Å². The molecule has 0 unspecified atom stereocenters. The quantitative estimate of drug-likeness (QED) is 0.739. The third-order valence-electron chi connectivity index (χ3n) is 4.31. The molecule has 2 aromatic rings. The minimum atomic E-state index is -0.232. The molecule has 25 heavy (non-hydrogen) atoms. The molecule has 1 fully saturated rings. The number of nitrogens with one attached hydrogen (secondary N) is 2. The second kappa shape index (κ2) is 8.33. The molecule has 134 valence electrons. The molecule has 1 aromatic carbocycles. The Morgan fingerprint density at radius 2 is 2.16 bits per heavy atom. The molecule has 2 amide bonds. The summed E-state index contributed by atoms with van der Waals surface area (Å²) in [5.41, 5.74) is 0.714. The van der Waals surface area contributed by atoms with Gasteiger partial charge in [0.05, 0.1) is 6.61 Å². The first kappa shape index (κ1) is 17.7. The lowest BCUT2D eigenvalue weighted by Crippen LogP contribution is -2.39. The number of amides is 2. The topological polar surface area (TPSA) is 73.8 Å². The Balaban J connectivity index is 1.45. The van der Waals surface area contributed by atoms with Gasteiger partial charge in [0.15, 0.2) is 0 Å². The van der Waals surface area contributed by atoms with Gasteiger partial charge < -0.3 is 20.5 Å². The van der Waals surface area contributed by atoms with Crippen LogP contribution in [0.1, 0.15) is 11.3 Å². The third kappa shape index (κ3) is 4.94. The van der Waals surface area contributed by atoms with Gasteiger partial charge in [0.25, 0.3) is 0 Å². The molecule has 1 saturated heterocycles. The van der Waals surface area contributed by atoms with Crippen molar-refractivity contribution in [1.29, 1.82) is 0 Å². The van der Waals surface area contributed by atoms with Crippen molar-refractivity contribution in [3.8, 4) is 5.75 Å². The van der Waals surface area contributed by atoms with E-state index in [-0.39, 0.29) is 24.7 Å². The molecule has 0 bridgehead atoms. The van der Waals surface area contributed by atoms with Gasteiger partial charge in [-0.3, -0.25) is 4.90 Å². The van der Waals surface area contributed by atoms with Gasteiger partial charge in [-0.2, -0.15) is 0 Å². The van der Waals surface area contributed by atoms with Gasteiger partial charge in [-0.05, 0) is 49.2 Å². The van der Waals surface area contributed by atoms with Crippen molar-refractivity contribution in [3.63, 3.8) is 0 Å². The van der Waals surface area contributed by atoms with E-state index in [9.17, 15) is 9.90 Å². The number of ether oxygens (including phenoxy) is 1. The molecule has 2 heterocycles. The Kier molecular flexibility index (Phi) is 5.91. The van der Waals surface area contributed by atoms with E-state index in [0.29, 0.717) is 12.3 Å². The van der Waals surface area contributed by atoms with Crippen LogP contribution in [0.2, 0.25) is 0 Å². The molecular formula is C18H23N3O3S. The molecule has 1 aromatic heterocycles. The van der Waals surface area contributed by atoms with Gasteiger partial charge in [-0.1, -0.05) is 6.07 Å². The number of likely N-dealkylation sites (tertiary alicyclic amines) is 1. The number of hydrogen-bond donors (Lipinski definition) is 3. The zero-order valence-corrected chi connectivity index (χ0v) is 15.0. The lowest BCUT2D eigenvalue weighted by atomic mass is 10.2. The number of thiophene rings is 1. The number of rotatable bonds is 6. The van der Waals surface area contributed by atoms with Crippen LogP contribution >= 0.6 is 11.3 Å². The van der Waals surface area contributed by atoms with Crippen molar-refractivity contribution in [2.24, 2.45) is 0 Å². The summed E-state index contributed by atoms with van der Waals surface area (Å²) in [6, 6.07) is 11.3. The van der Waals surface area contributed by atoms with Crippen LogP contribution in [0.4, 0.5) is 10.5 Å². The van der Waals surface area contributed by atoms with E-state index in [1.807, 2.05) is 48.8 Å². The Hall–Kier alpha value is -2.09. The molecule has 1 aliphatic heterocycles. The number of carbonyl (C=O) groups is 1. The number of anilines is 1. The van der Waals surface area contributed by atoms with E-state index in [0.717, 1.165) is 18.7 Å². The second-order valence-corrected chi connectivity index (χ2v) is 7.23. The molecular weight excluding hydrogens is 338 g/mol. The summed E-state index contributed by atoms with van der Waals surface area (Å²) in [6.45, 7) is 1.41. The SMILES string of the molecule is CN1C[C@H](NC(=O)Nc2ccc(OCc3cccs3)cc2)C[C@H]1CO. The summed E-state index contributed by atoms with van der Waals surface area (Å²) in [6.07, 6.45) is 0.760. The first-order chi connectivity index (χ1) is 12.1. The van der Waals surface area contributed by atoms with Crippen LogP contribution in [0.15, 0.2) is 41.8 Å². The Labute approximate surface area is 151 Å². The number of carbonyl (C=O) groups excluding carboxylic acids is 1. The maximum absolute atomic E-state index is 12.1. The van der Waals surface area contributed by atoms with Crippen LogP contribution in [0.25, 0.3) is 0 Å². The number of hydrogen-bond acceptors (Lipinski definition) is 5. The average Bonchev–Trinajstić information content (AvgIpc) is 3.23. The Bertz CT molecular complexity index is 675. The van der Waals surface area contributed by atoms with E-state index in [1.54, 1.807) is 11.3 Å². The van der Waals surface area contributed by atoms with E-state index in [2.05, 4.69) is 15.5 Å². The smallest absolute Gasteiger partial charge is 0.319 e. The molecule has 0 spiro atoms. The highest BCUT2D eigenvalue weighted by Crippen LogP contribution is 2.19. The number of aliphatic hydroxyl groups is 1. The zero-order valence-electron chi connectivity index (χ0n) is 14.1. The highest BCUT2D eigenvalue weighted by molar-refractivity contribution is 7.09. The fourth-order valence-corrected chi connectivity index (χ4v) is 3.55. The number of aliphatic hydroxyl groups excluding tert-OH is 1. The van der Waals surface area contributed by atoms with Crippen LogP contribution in [-0.4, -0.2) is 48.3 Å². The summed E-state index contributed by atoms with van der Waals surface area (Å²) in [5, 5.41) is 17.1. The predicted octanol–water partition coefficient (Wildman–Crippen LogP) is 2.51. The lowest BCUT2D eigenvalue weighted by molar-refractivity contribution is 0.182. The van der Waals surface area contributed by atoms with Gasteiger partial charge >= 0.3 is 6.03 Å². The van der Waals surface area contributed by atoms with Crippen LogP contribution in [0, 0.1) is 0 Å². The maximum atomic E-state index is 12.1. The van der Waals surface area contributed by atoms with Gasteiger partial charge in [0.1, 0.15) is 12.4 Å². The van der Waals surface area contributed by atoms with Gasteiger partial charge in [0.2, 0.25) is 0 Å². The molecule has 3 N–H and O–H groups in total. The summed E-state index contributed by atoms with van der Waals surface area (Å²) in [7, 11) is 1.95. The molecule has 2 atom stereocenters. The normalized spacial score (nSPS) is 20.4. The third-order valence-corrected chi connectivity index (χ3v) is 5.16. The van der Waals surface area contributed by atoms with Crippen molar-refractivity contribution in [2.45, 2.75) is 25.1 Å². The van der Waals surface area contributed by atoms with E-state index in [1.165, 1.54) is 4.88 Å². The standard InChI is InChI=1S/C18H23N3O3S/c1-21-10-14(9-15(21)11-22)20-18(23)19-13-4-6-16(7-5-13)24-12-17-3-2-8-25-17/h2-8,14-15,22H,9-12H2,1H3,(H2,19,20,23)/t14-,15+/m1/s1. The predicted molar refractivity (Wildman–Crippen MR) is 99.2 cm³/mol. The van der Waals surface area contributed by atoms with Crippen molar-refractivity contribution < 1.29 is 14.6 Å².